The van der Waals surface area contributed by atoms with E-state index in [1.807, 2.05) is 196 Å². The van der Waals surface area contributed by atoms with Gasteiger partial charge in [-0.2, -0.15) is 0 Å². The zero-order valence-corrected chi connectivity index (χ0v) is 70.4. The summed E-state index contributed by atoms with van der Waals surface area (Å²) in [7, 11) is 9.00. The molecule has 0 amide bonds. The molecule has 15 heteroatoms. The van der Waals surface area contributed by atoms with E-state index in [2.05, 4.69) is 31.0 Å². The van der Waals surface area contributed by atoms with Gasteiger partial charge in [0.15, 0.2) is 58.9 Å². The summed E-state index contributed by atoms with van der Waals surface area (Å²) in [5.74, 6) is -1.72. The average molecular weight is 1630 g/mol. The molecular weight excluding hydrogens is 1490 g/mol. The van der Waals surface area contributed by atoms with Gasteiger partial charge in [-0.3, -0.25) is 0 Å². The van der Waals surface area contributed by atoms with Crippen LogP contribution in [0.25, 0.3) is 167 Å². The third-order valence-corrected chi connectivity index (χ3v) is 22.3. The van der Waals surface area contributed by atoms with Crippen molar-refractivity contribution in [3.05, 3.63) is 295 Å². The second-order valence-electron chi connectivity index (χ2n) is 31.4. The van der Waals surface area contributed by atoms with Crippen molar-refractivity contribution < 1.29 is 79.2 Å². The molecule has 15 heterocycles. The zero-order chi connectivity index (χ0) is 107. The SMILES string of the molecule is [2H]C([2H])([2H])C([2H])(C)c1cc[n+](C)c(-c2c(C)ccc3c2oc2nc(C)ccc23)c1.[2H]C([2H])([2H])c1c[n+](C)c(-c2c(C)cc(C([2H])([2H])[2H])c3c2oc2nc(C)ccc23)cc1C.[2H]C([2H])([2H])c1cc(-c2c(C)ccc3c2oc2nc(C)ccc23)[n+](C)cc1C([2H])([2H])[2H].[2H]C([2H])([2H])c1ccc(-c2c(C)cc(C([2H])([2H])[2H])c3c2oc2nc(C)ccc23)[n+](C)c1.[2H]C([2H])([2H])c1ccc(-c2c(C)ccc3c2oc2nc(C)ccc23)[n+](C)c1. The number of aryl methyl sites for hydroxylation is 23. The molecular formula is C106H107N10O5+5. The van der Waals surface area contributed by atoms with Gasteiger partial charge < -0.3 is 22.1 Å². The van der Waals surface area contributed by atoms with Crippen LogP contribution in [-0.2, 0) is 35.2 Å². The number of aromatic nitrogens is 10. The summed E-state index contributed by atoms with van der Waals surface area (Å²) in [5.41, 5.74) is 23.6. The van der Waals surface area contributed by atoms with E-state index in [-0.39, 0.29) is 33.4 Å². The van der Waals surface area contributed by atoms with E-state index in [1.54, 1.807) is 109 Å². The Morgan fingerprint density at radius 1 is 0.273 bits per heavy atom. The largest absolute Gasteiger partial charge is 0.437 e. The Morgan fingerprint density at radius 2 is 0.595 bits per heavy atom. The first-order chi connectivity index (χ1) is 67.8. The lowest BCUT2D eigenvalue weighted by Crippen LogP contribution is -2.31. The molecule has 15 nitrogen and oxygen atoms in total. The summed E-state index contributed by atoms with van der Waals surface area (Å²) in [6.45, 7) is 3.46. The number of nitrogens with zero attached hydrogens (tertiary/aromatic N) is 10. The minimum atomic E-state index is -2.57. The highest BCUT2D eigenvalue weighted by Gasteiger charge is 2.29. The summed E-state index contributed by atoms with van der Waals surface area (Å²) >= 11 is 0. The molecule has 0 spiro atoms. The number of hydrogen-bond donors (Lipinski definition) is 0. The summed E-state index contributed by atoms with van der Waals surface area (Å²) in [5, 5.41) is 7.95. The fourth-order valence-electron chi connectivity index (χ4n) is 16.1. The highest BCUT2D eigenvalue weighted by Crippen LogP contribution is 2.44. The molecule has 1 atom stereocenters. The topological polar surface area (TPSA) is 150 Å². The molecule has 0 aliphatic heterocycles. The summed E-state index contributed by atoms with van der Waals surface area (Å²) in [6, 6.07) is 48.1. The summed E-state index contributed by atoms with van der Waals surface area (Å²) in [6.07, 6.45) is 8.01. The third-order valence-electron chi connectivity index (χ3n) is 22.3. The van der Waals surface area contributed by atoms with Gasteiger partial charge in [-0.05, 0) is 258 Å². The van der Waals surface area contributed by atoms with E-state index in [1.165, 1.54) is 19.2 Å². The second-order valence-corrected chi connectivity index (χ2v) is 31.4. The molecule has 0 saturated carbocycles. The lowest BCUT2D eigenvalue weighted by molar-refractivity contribution is -0.660. The van der Waals surface area contributed by atoms with E-state index in [0.717, 1.165) is 134 Å². The molecule has 0 aliphatic carbocycles. The Balaban J connectivity index is 0.000000131. The van der Waals surface area contributed by atoms with Gasteiger partial charge >= 0.3 is 0 Å². The highest BCUT2D eigenvalue weighted by atomic mass is 16.4. The first kappa shape index (κ1) is 56.1. The van der Waals surface area contributed by atoms with Crippen molar-refractivity contribution in [2.75, 3.05) is 0 Å². The Bertz CT molecular complexity index is 8680. The van der Waals surface area contributed by atoms with Gasteiger partial charge in [0.25, 0.3) is 0 Å². The van der Waals surface area contributed by atoms with Crippen LogP contribution in [-0.4, -0.2) is 24.9 Å². The molecule has 0 aliphatic rings. The minimum absolute atomic E-state index is 0.180. The molecule has 0 radical (unpaired) electrons. The molecule has 0 bridgehead atoms. The molecule has 15 aromatic heterocycles. The number of benzene rings is 5. The van der Waals surface area contributed by atoms with E-state index < -0.39 is 60.7 Å². The quantitative estimate of drug-likeness (QED) is 0.147. The maximum absolute atomic E-state index is 8.47. The van der Waals surface area contributed by atoms with Crippen LogP contribution in [0.4, 0.5) is 0 Å². The lowest BCUT2D eigenvalue weighted by atomic mass is 9.96. The van der Waals surface area contributed by atoms with Crippen molar-refractivity contribution in [1.82, 2.24) is 24.9 Å². The molecule has 606 valence electrons. The molecule has 20 aromatic rings. The normalized spacial score (nSPS) is 16.0. The van der Waals surface area contributed by atoms with E-state index >= 15 is 0 Å². The fourth-order valence-corrected chi connectivity index (χ4v) is 16.1. The Kier molecular flexibility index (Phi) is 14.9. The van der Waals surface area contributed by atoms with Crippen molar-refractivity contribution in [2.24, 2.45) is 35.2 Å². The van der Waals surface area contributed by atoms with Gasteiger partial charge in [0.2, 0.25) is 57.0 Å². The van der Waals surface area contributed by atoms with Crippen LogP contribution in [0.5, 0.6) is 0 Å². The third kappa shape index (κ3) is 15.1. The maximum Gasteiger partial charge on any atom is 0.227 e. The van der Waals surface area contributed by atoms with E-state index in [0.29, 0.717) is 106 Å². The molecule has 1 unspecified atom stereocenters. The fraction of sp³-hybridized carbons (Fsp3) is 0.245. The van der Waals surface area contributed by atoms with Gasteiger partial charge in [-0.1, -0.05) is 62.3 Å². The lowest BCUT2D eigenvalue weighted by Gasteiger charge is -2.09. The van der Waals surface area contributed by atoms with Crippen molar-refractivity contribution in [3.63, 3.8) is 0 Å². The minimum Gasteiger partial charge on any atom is -0.437 e. The van der Waals surface area contributed by atoms with E-state index in [9.17, 15) is 0 Å². The van der Waals surface area contributed by atoms with Gasteiger partial charge in [0.05, 0.1) is 27.8 Å². The Hall–Kier alpha value is -13.4. The monoisotopic (exact) mass is 1620 g/mol. The number of furan rings is 5. The predicted molar refractivity (Wildman–Crippen MR) is 490 cm³/mol. The van der Waals surface area contributed by atoms with Crippen molar-refractivity contribution >= 4 is 110 Å². The maximum atomic E-state index is 8.47. The van der Waals surface area contributed by atoms with Crippen molar-refractivity contribution in [1.29, 1.82) is 0 Å². The van der Waals surface area contributed by atoms with Crippen LogP contribution in [0.2, 0.25) is 0 Å². The van der Waals surface area contributed by atoms with E-state index in [4.69, 9.17) is 56.4 Å². The van der Waals surface area contributed by atoms with Gasteiger partial charge in [0.1, 0.15) is 35.2 Å². The van der Waals surface area contributed by atoms with Crippen molar-refractivity contribution in [2.45, 2.75) is 144 Å². The van der Waals surface area contributed by atoms with Crippen LogP contribution in [0.3, 0.4) is 0 Å². The molecule has 121 heavy (non-hydrogen) atoms. The standard InChI is InChI=1S/2C22H23N2O.2C21H21N2O.C20H19N2O/c1-12-10-18(24(6)11-15(12)4)20-14(3)9-13(2)19-17-8-7-16(5)23-22(17)25-21(19)20;1-13(2)16-10-11-24(5)19(12-16)20-14(3)6-8-17-18-9-7-15(4)23-22(18)25-21(17)20;1-12-6-9-17(23(5)11-12)19-14(3)10-13(2)18-16-8-7-15(4)22-21(16)24-20(18)19;1-12-6-8-16-17-9-7-15(4)22-21(17)24-20(16)19(12)18-10-13(2)14(3)11-23(18)5;1-12-5-10-17(22(4)11-12)18-13(2)6-8-15-16-9-7-14(3)21-20(16)23-19(15)18/h7-11H,1-6H3;6-13H,1-5H3;2*6-11H,1-5H3;5-11H,1-4H3/q5*+1/i2D3,4D3;1D3,13D;1D3,2D3;2D3,3D3;1D3. The highest BCUT2D eigenvalue weighted by molar-refractivity contribution is 6.14. The Morgan fingerprint density at radius 3 is 0.975 bits per heavy atom. The van der Waals surface area contributed by atoms with Gasteiger partial charge in [0, 0.05) is 175 Å². The predicted octanol–water partition coefficient (Wildman–Crippen LogP) is 24.0. The smallest absolute Gasteiger partial charge is 0.227 e. The van der Waals surface area contributed by atoms with Crippen molar-refractivity contribution in [3.8, 4) is 56.3 Å². The van der Waals surface area contributed by atoms with Crippen LogP contribution in [0.1, 0.15) is 160 Å². The zero-order valence-electron chi connectivity index (χ0n) is 95.4. The molecule has 20 rings (SSSR count). The average Bonchev–Trinajstić information content (AvgIpc) is 1.57. The number of hydrogen-bond acceptors (Lipinski definition) is 10. The first-order valence-electron chi connectivity index (χ1n) is 51.9. The molecule has 5 aromatic carbocycles. The molecule has 0 N–H and O–H groups in total. The van der Waals surface area contributed by atoms with Crippen LogP contribution >= 0.6 is 0 Å². The summed E-state index contributed by atoms with van der Waals surface area (Å²) in [4.78, 5) is 22.4. The molecule has 0 saturated heterocycles. The number of pyridine rings is 10. The van der Waals surface area contributed by atoms with Crippen LogP contribution < -0.4 is 22.8 Å². The summed E-state index contributed by atoms with van der Waals surface area (Å²) < 4.78 is 236. The second kappa shape index (κ2) is 32.0. The van der Waals surface area contributed by atoms with Gasteiger partial charge in [-0.25, -0.2) is 47.8 Å². The molecule has 0 fully saturated rings. The Labute approximate surface area is 742 Å². The number of fused-ring (bicyclic) bond motifs is 15. The first-order valence-corrected chi connectivity index (χ1v) is 39.4. The number of rotatable bonds is 6. The van der Waals surface area contributed by atoms with Gasteiger partial charge in [-0.15, -0.1) is 0 Å². The van der Waals surface area contributed by atoms with Crippen LogP contribution in [0, 0.1) is 124 Å². The van der Waals surface area contributed by atoms with Crippen LogP contribution in [0.15, 0.2) is 211 Å².